The first-order valence-corrected chi connectivity index (χ1v) is 19.5. The molecule has 11 atom stereocenters. The van der Waals surface area contributed by atoms with Gasteiger partial charge in [-0.1, -0.05) is 0 Å². The molecule has 3 aromatic heterocycles. The largest absolute Gasteiger partial charge is 0.490 e. The van der Waals surface area contributed by atoms with E-state index in [-0.39, 0.29) is 23.4 Å². The Morgan fingerprint density at radius 1 is 0.840 bits per heavy atom. The van der Waals surface area contributed by atoms with Crippen molar-refractivity contribution in [1.29, 1.82) is 0 Å². The summed E-state index contributed by atoms with van der Waals surface area (Å²) in [4.78, 5) is 76.3. The molecule has 10 N–H and O–H groups in total. The Morgan fingerprint density at radius 2 is 1.44 bits per heavy atom. The molecular weight excluding hydrogens is 770 g/mol. The van der Waals surface area contributed by atoms with E-state index in [1.165, 1.54) is 10.9 Å². The highest BCUT2D eigenvalue weighted by Crippen LogP contribution is 2.71. The molecule has 5 heterocycles. The summed E-state index contributed by atoms with van der Waals surface area (Å²) < 4.78 is 82.5. The van der Waals surface area contributed by atoms with Gasteiger partial charge in [0.1, 0.15) is 42.5 Å². The van der Waals surface area contributed by atoms with E-state index in [1.54, 1.807) is 0 Å². The Bertz CT molecular complexity index is 2040. The highest BCUT2D eigenvalue weighted by molar-refractivity contribution is 7.69. The highest BCUT2D eigenvalue weighted by Gasteiger charge is 2.49. The predicted molar refractivity (Wildman–Crippen MR) is 156 cm³/mol. The molecule has 278 valence electrons. The quantitative estimate of drug-likeness (QED) is 0.0775. The van der Waals surface area contributed by atoms with Gasteiger partial charge in [-0.2, -0.15) is 12.9 Å². The minimum atomic E-state index is -6.18. The molecule has 3 aromatic rings. The topological polar surface area (TPSA) is 399 Å². The number of fused-ring (bicyclic) bond motifs is 1. The van der Waals surface area contributed by atoms with Gasteiger partial charge in [-0.15, -0.1) is 0 Å². The molecule has 2 fully saturated rings. The lowest BCUT2D eigenvalue weighted by Crippen LogP contribution is -2.37. The van der Waals surface area contributed by atoms with Crippen LogP contribution in [0.5, 0.6) is 0 Å². The number of nitrogens with two attached hydrogens (primary N) is 1. The zero-order chi connectivity index (χ0) is 36.8. The van der Waals surface area contributed by atoms with Crippen molar-refractivity contribution in [1.82, 2.24) is 29.1 Å². The maximum Gasteiger partial charge on any atom is 0.490 e. The lowest BCUT2D eigenvalue weighted by atomic mass is 10.1. The lowest BCUT2D eigenvalue weighted by Gasteiger charge is -2.21. The number of hydrogen-bond donors (Lipinski definition) is 9. The molecule has 4 unspecified atom stereocenters. The molecule has 0 bridgehead atoms. The highest BCUT2D eigenvalue weighted by atomic mass is 31.3. The van der Waals surface area contributed by atoms with Crippen molar-refractivity contribution in [2.45, 2.75) is 49.4 Å². The fourth-order valence-electron chi connectivity index (χ4n) is 4.64. The number of aliphatic hydroxyl groups is 3. The number of ether oxygens (including phenoxy) is 2. The van der Waals surface area contributed by atoms with Crippen LogP contribution in [0.2, 0.25) is 0 Å². The molecule has 2 saturated heterocycles. The number of anilines is 1. The molecule has 27 nitrogen and oxygen atoms in total. The molecule has 0 amide bonds. The molecule has 0 saturated carbocycles. The zero-order valence-corrected chi connectivity index (χ0v) is 28.1. The van der Waals surface area contributed by atoms with Crippen LogP contribution < -0.4 is 17.0 Å². The summed E-state index contributed by atoms with van der Waals surface area (Å²) >= 11 is 0. The number of nitrogen functional groups attached to an aromatic ring is 1. The van der Waals surface area contributed by atoms with Gasteiger partial charge >= 0.3 is 37.0 Å². The van der Waals surface area contributed by atoms with Crippen molar-refractivity contribution in [2.75, 3.05) is 18.9 Å². The van der Waals surface area contributed by atoms with E-state index in [0.717, 1.165) is 18.6 Å². The SMILES string of the molecule is Nc1ncnc2c1ncn2[C@@H]1C[C@H](O)[C@@H](COP(=O)(O)OP(=O)(O)OP(=O)(O)OP(=O)(O)OC[C@H]2O[C@@H](n3ccc(=O)[nH]c3=O)[C@H](O)[C@@H]2O)O1. The molecular formula is C19H27N7O20P4. The Labute approximate surface area is 276 Å². The first-order chi connectivity index (χ1) is 23.2. The number of aromatic amines is 1. The second-order valence-electron chi connectivity index (χ2n) is 10.3. The van der Waals surface area contributed by atoms with E-state index in [2.05, 4.69) is 36.9 Å². The Balaban J connectivity index is 1.12. The molecule has 2 aliphatic heterocycles. The van der Waals surface area contributed by atoms with Crippen molar-refractivity contribution in [3.05, 3.63) is 45.8 Å². The van der Waals surface area contributed by atoms with Gasteiger partial charge in [0.2, 0.25) is 0 Å². The van der Waals surface area contributed by atoms with E-state index in [0.29, 0.717) is 4.57 Å². The van der Waals surface area contributed by atoms with Crippen LogP contribution in [0.1, 0.15) is 18.9 Å². The van der Waals surface area contributed by atoms with E-state index >= 15 is 0 Å². The number of imidazole rings is 1. The van der Waals surface area contributed by atoms with Crippen molar-refractivity contribution in [3.8, 4) is 0 Å². The monoisotopic (exact) mass is 797 g/mol. The second kappa shape index (κ2) is 14.4. The third-order valence-electron chi connectivity index (χ3n) is 6.79. The Kier molecular flexibility index (Phi) is 11.1. The number of phosphoric ester groups is 2. The normalized spacial score (nSPS) is 30.4. The van der Waals surface area contributed by atoms with Crippen molar-refractivity contribution in [3.63, 3.8) is 0 Å². The second-order valence-corrected chi connectivity index (χ2v) is 16.5. The minimum absolute atomic E-state index is 0.0610. The Hall–Kier alpha value is -2.61. The number of aliphatic hydroxyl groups excluding tert-OH is 3. The molecule has 5 rings (SSSR count). The van der Waals surface area contributed by atoms with Gasteiger partial charge in [0, 0.05) is 18.7 Å². The summed E-state index contributed by atoms with van der Waals surface area (Å²) in [5, 5.41) is 30.8. The lowest BCUT2D eigenvalue weighted by molar-refractivity contribution is -0.0542. The maximum atomic E-state index is 12.3. The van der Waals surface area contributed by atoms with Crippen LogP contribution in [0.4, 0.5) is 5.82 Å². The van der Waals surface area contributed by atoms with Gasteiger partial charge in [0.05, 0.1) is 25.6 Å². The number of nitrogens with one attached hydrogen (secondary N) is 1. The molecule has 0 radical (unpaired) electrons. The standard InChI is InChI=1S/C19H27N7O20P4/c20-16-13-17(22-6-21-16)26(7-23-13)12-3-8(27)9(42-12)4-40-47(32,33)44-49(36,37)46-50(38,39)45-48(34,35)41-5-10-14(29)15(30)18(43-10)25-2-1-11(28)24-19(25)31/h1-2,6-10,12,14-15,18,27,29-30H,3-5H2,(H,32,33)(H,34,35)(H,36,37)(H,38,39)(H2,20,21,22)(H,24,28,31)/t8-,9+,10+,12-,14+,15+,18+/m0/s1. The maximum absolute atomic E-state index is 12.3. The van der Waals surface area contributed by atoms with Gasteiger partial charge in [0.25, 0.3) is 5.56 Å². The molecule has 0 aromatic carbocycles. The minimum Gasteiger partial charge on any atom is -0.390 e. The van der Waals surface area contributed by atoms with Crippen LogP contribution >= 0.6 is 31.3 Å². The third kappa shape index (κ3) is 9.05. The van der Waals surface area contributed by atoms with Gasteiger partial charge < -0.3 is 50.1 Å². The van der Waals surface area contributed by atoms with Crippen LogP contribution in [-0.4, -0.2) is 108 Å². The number of aromatic nitrogens is 6. The summed E-state index contributed by atoms with van der Waals surface area (Å²) in [6.45, 7) is -2.13. The third-order valence-corrected chi connectivity index (χ3v) is 12.7. The van der Waals surface area contributed by atoms with Crippen LogP contribution in [0, 0.1) is 0 Å². The summed E-state index contributed by atoms with van der Waals surface area (Å²) in [6.07, 6.45) is -7.48. The van der Waals surface area contributed by atoms with Crippen LogP contribution in [0.25, 0.3) is 11.2 Å². The van der Waals surface area contributed by atoms with Gasteiger partial charge in [-0.3, -0.25) is 28.0 Å². The first-order valence-electron chi connectivity index (χ1n) is 13.5. The van der Waals surface area contributed by atoms with Crippen LogP contribution in [-0.2, 0) is 49.7 Å². The molecule has 31 heteroatoms. The molecule has 2 aliphatic rings. The van der Waals surface area contributed by atoms with Crippen molar-refractivity contribution < 1.29 is 84.6 Å². The molecule has 50 heavy (non-hydrogen) atoms. The van der Waals surface area contributed by atoms with E-state index < -0.39 is 98.7 Å². The number of rotatable bonds is 14. The van der Waals surface area contributed by atoms with E-state index in [1.807, 2.05) is 4.98 Å². The summed E-state index contributed by atoms with van der Waals surface area (Å²) in [7, 11) is -23.8. The summed E-state index contributed by atoms with van der Waals surface area (Å²) in [6, 6.07) is 0.885. The van der Waals surface area contributed by atoms with Crippen molar-refractivity contribution in [2.24, 2.45) is 0 Å². The number of H-pyrrole nitrogens is 1. The van der Waals surface area contributed by atoms with Crippen LogP contribution in [0.3, 0.4) is 0 Å². The molecule has 0 spiro atoms. The zero-order valence-electron chi connectivity index (χ0n) is 24.5. The smallest absolute Gasteiger partial charge is 0.390 e. The first kappa shape index (κ1) is 38.6. The summed E-state index contributed by atoms with van der Waals surface area (Å²) in [5.74, 6) is 0.0610. The molecule has 0 aliphatic carbocycles. The number of phosphoric acid groups is 4. The number of nitrogens with zero attached hydrogens (tertiary/aromatic N) is 5. The van der Waals surface area contributed by atoms with Gasteiger partial charge in [-0.25, -0.2) is 38.0 Å². The fourth-order valence-corrected chi connectivity index (χ4v) is 9.60. The fraction of sp³-hybridized carbons (Fsp3) is 0.526. The average Bonchev–Trinajstić information content (AvgIpc) is 3.65. The number of hydrogen-bond acceptors (Lipinski definition) is 20. The average molecular weight is 797 g/mol. The van der Waals surface area contributed by atoms with Crippen LogP contribution in [0.15, 0.2) is 34.5 Å². The van der Waals surface area contributed by atoms with Crippen molar-refractivity contribution >= 4 is 48.3 Å². The Morgan fingerprint density at radius 3 is 2.06 bits per heavy atom. The van der Waals surface area contributed by atoms with Gasteiger partial charge in [0.15, 0.2) is 17.7 Å². The predicted octanol–water partition coefficient (Wildman–Crippen LogP) is -2.29. The van der Waals surface area contributed by atoms with Gasteiger partial charge in [-0.05, 0) is 0 Å². The van der Waals surface area contributed by atoms with E-state index in [9.17, 15) is 62.7 Å². The summed E-state index contributed by atoms with van der Waals surface area (Å²) in [5.41, 5.74) is 4.34. The van der Waals surface area contributed by atoms with E-state index in [4.69, 9.17) is 15.2 Å².